The van der Waals surface area contributed by atoms with Crippen LogP contribution in [0.2, 0.25) is 0 Å². The fourth-order valence-corrected chi connectivity index (χ4v) is 7.25. The van der Waals surface area contributed by atoms with Gasteiger partial charge in [-0.25, -0.2) is 0 Å². The summed E-state index contributed by atoms with van der Waals surface area (Å²) in [7, 11) is 5.47. The Morgan fingerprint density at radius 2 is 1.74 bits per heavy atom. The number of benzene rings is 2. The van der Waals surface area contributed by atoms with Crippen molar-refractivity contribution in [2.24, 2.45) is 29.4 Å². The average molecular weight is 591 g/mol. The first-order chi connectivity index (χ1) is 20.0. The molecule has 2 aromatic rings. The topological polar surface area (TPSA) is 164 Å². The molecule has 0 aliphatic heterocycles. The molecule has 43 heavy (non-hydrogen) atoms. The van der Waals surface area contributed by atoms with E-state index in [0.29, 0.717) is 29.0 Å². The Morgan fingerprint density at radius 3 is 2.33 bits per heavy atom. The Morgan fingerprint density at radius 1 is 1.07 bits per heavy atom. The van der Waals surface area contributed by atoms with E-state index in [2.05, 4.69) is 0 Å². The molecule has 4 N–H and O–H groups in total. The second-order valence-electron chi connectivity index (χ2n) is 13.5. The highest BCUT2D eigenvalue weighted by Gasteiger charge is 2.66. The predicted molar refractivity (Wildman–Crippen MR) is 157 cm³/mol. The third-order valence-corrected chi connectivity index (χ3v) is 9.22. The summed E-state index contributed by atoms with van der Waals surface area (Å²) < 4.78 is 5.60. The second kappa shape index (κ2) is 10.4. The van der Waals surface area contributed by atoms with E-state index in [0.717, 1.165) is 11.1 Å². The van der Waals surface area contributed by atoms with Crippen molar-refractivity contribution >= 4 is 29.0 Å². The van der Waals surface area contributed by atoms with Crippen LogP contribution in [0.25, 0.3) is 11.1 Å². The number of aromatic hydroxyl groups is 1. The van der Waals surface area contributed by atoms with Crippen LogP contribution < -0.4 is 10.5 Å². The van der Waals surface area contributed by atoms with E-state index in [-0.39, 0.29) is 30.6 Å². The number of phenolic OH excluding ortho intramolecular Hbond substituents is 1. The Balaban J connectivity index is 1.71. The number of rotatable bonds is 5. The number of methoxy groups -OCH3 is 1. The average Bonchev–Trinajstić information content (AvgIpc) is 2.89. The molecule has 2 fully saturated rings. The molecule has 1 amide bonds. The number of carbonyl (C=O) groups is 5. The fraction of sp³-hybridized carbons (Fsp3) is 0.485. The van der Waals surface area contributed by atoms with Crippen molar-refractivity contribution < 1.29 is 38.9 Å². The second-order valence-corrected chi connectivity index (χ2v) is 13.5. The number of aliphatic hydroxyl groups is 1. The van der Waals surface area contributed by atoms with E-state index in [9.17, 15) is 34.2 Å². The van der Waals surface area contributed by atoms with Crippen molar-refractivity contribution in [2.45, 2.75) is 57.6 Å². The van der Waals surface area contributed by atoms with Crippen LogP contribution in [0.1, 0.15) is 60.7 Å². The maximum absolute atomic E-state index is 14.3. The summed E-state index contributed by atoms with van der Waals surface area (Å²) in [6, 6.07) is 7.68. The van der Waals surface area contributed by atoms with Gasteiger partial charge in [0.2, 0.25) is 5.91 Å². The third-order valence-electron chi connectivity index (χ3n) is 9.22. The molecule has 0 heterocycles. The van der Waals surface area contributed by atoms with Gasteiger partial charge in [-0.1, -0.05) is 20.8 Å². The van der Waals surface area contributed by atoms with Crippen molar-refractivity contribution in [1.82, 2.24) is 4.90 Å². The van der Waals surface area contributed by atoms with Gasteiger partial charge in [0.05, 0.1) is 18.6 Å². The Kier molecular flexibility index (Phi) is 7.38. The van der Waals surface area contributed by atoms with E-state index in [4.69, 9.17) is 10.5 Å². The molecule has 3 aliphatic carbocycles. The number of ether oxygens (including phenoxy) is 1. The van der Waals surface area contributed by atoms with E-state index >= 15 is 0 Å². The van der Waals surface area contributed by atoms with Gasteiger partial charge in [-0.2, -0.15) is 0 Å². The van der Waals surface area contributed by atoms with Crippen LogP contribution in [0.15, 0.2) is 24.3 Å². The zero-order valence-corrected chi connectivity index (χ0v) is 25.3. The van der Waals surface area contributed by atoms with Gasteiger partial charge in [0.1, 0.15) is 11.5 Å². The van der Waals surface area contributed by atoms with Gasteiger partial charge in [-0.3, -0.25) is 24.0 Å². The highest BCUT2D eigenvalue weighted by Crippen LogP contribution is 2.52. The number of fused-ring (bicyclic) bond motifs is 3. The molecule has 2 aromatic carbocycles. The molecule has 0 aromatic heterocycles. The highest BCUT2D eigenvalue weighted by atomic mass is 16.5. The minimum absolute atomic E-state index is 0.0122. The van der Waals surface area contributed by atoms with Crippen LogP contribution in [0.3, 0.4) is 0 Å². The molecule has 0 spiro atoms. The smallest absolute Gasteiger partial charge is 0.235 e. The molecule has 2 saturated carbocycles. The van der Waals surface area contributed by atoms with Crippen molar-refractivity contribution in [3.8, 4) is 22.6 Å². The zero-order chi connectivity index (χ0) is 31.8. The largest absolute Gasteiger partial charge is 0.507 e. The van der Waals surface area contributed by atoms with Crippen LogP contribution in [0.5, 0.6) is 11.5 Å². The van der Waals surface area contributed by atoms with Crippen LogP contribution in [0.4, 0.5) is 0 Å². The minimum atomic E-state index is -2.68. The zero-order valence-electron chi connectivity index (χ0n) is 25.3. The quantitative estimate of drug-likeness (QED) is 0.444. The summed E-state index contributed by atoms with van der Waals surface area (Å²) in [6.07, 6.45) is -0.151. The van der Waals surface area contributed by atoms with Crippen LogP contribution in [0, 0.1) is 23.7 Å². The minimum Gasteiger partial charge on any atom is -0.507 e. The van der Waals surface area contributed by atoms with Crippen molar-refractivity contribution in [2.75, 3.05) is 21.2 Å². The fourth-order valence-electron chi connectivity index (χ4n) is 7.25. The lowest BCUT2D eigenvalue weighted by Crippen LogP contribution is -2.68. The molecule has 10 nitrogen and oxygen atoms in total. The van der Waals surface area contributed by atoms with Crippen molar-refractivity contribution in [3.63, 3.8) is 0 Å². The van der Waals surface area contributed by atoms with Crippen molar-refractivity contribution in [1.29, 1.82) is 0 Å². The van der Waals surface area contributed by atoms with Crippen LogP contribution in [-0.4, -0.2) is 71.0 Å². The van der Waals surface area contributed by atoms with Gasteiger partial charge in [-0.15, -0.1) is 0 Å². The van der Waals surface area contributed by atoms with E-state index in [1.807, 2.05) is 64.0 Å². The normalized spacial score (nSPS) is 27.1. The van der Waals surface area contributed by atoms with Gasteiger partial charge in [0.15, 0.2) is 34.7 Å². The summed E-state index contributed by atoms with van der Waals surface area (Å²) in [4.78, 5) is 68.1. The molecule has 5 rings (SSSR count). The third kappa shape index (κ3) is 4.77. The number of amides is 1. The van der Waals surface area contributed by atoms with Gasteiger partial charge in [-0.05, 0) is 84.8 Å². The van der Waals surface area contributed by atoms with E-state index in [1.165, 1.54) is 0 Å². The lowest BCUT2D eigenvalue weighted by Gasteiger charge is -2.48. The van der Waals surface area contributed by atoms with Crippen LogP contribution in [-0.2, 0) is 37.6 Å². The molecular weight excluding hydrogens is 552 g/mol. The highest BCUT2D eigenvalue weighted by molar-refractivity contribution is 6.31. The number of Topliss-reactive ketones (excluding diaryl/α,β-unsaturated/α-hetero) is 4. The summed E-state index contributed by atoms with van der Waals surface area (Å²) >= 11 is 0. The number of hydrogen-bond donors (Lipinski definition) is 3. The molecule has 5 atom stereocenters. The van der Waals surface area contributed by atoms with Gasteiger partial charge < -0.3 is 25.6 Å². The van der Waals surface area contributed by atoms with Crippen LogP contribution >= 0.6 is 0 Å². The number of hydrogen-bond acceptors (Lipinski definition) is 9. The monoisotopic (exact) mass is 590 g/mol. The molecule has 3 aliphatic rings. The Bertz CT molecular complexity index is 1590. The summed E-state index contributed by atoms with van der Waals surface area (Å²) in [5.74, 6) is -9.67. The molecule has 0 bridgehead atoms. The summed E-state index contributed by atoms with van der Waals surface area (Å²) in [6.45, 7) is 6.33. The Labute approximate surface area is 250 Å². The summed E-state index contributed by atoms with van der Waals surface area (Å²) in [5, 5.41) is 23.1. The van der Waals surface area contributed by atoms with Gasteiger partial charge in [0, 0.05) is 24.4 Å². The lowest BCUT2D eigenvalue weighted by molar-refractivity contribution is -0.175. The van der Waals surface area contributed by atoms with E-state index < -0.39 is 63.7 Å². The summed E-state index contributed by atoms with van der Waals surface area (Å²) in [5.41, 5.74) is 5.51. The SMILES string of the molecule is COc1cc(CN(C)C)cc(-c2cc(C(C)(C)C)c(O)c3c2C[C@H]2C[C@H]4CC(=O)C(C(N)=O)C(=O)[C@@]4(O)C(=O)C2C3=O)c1. The van der Waals surface area contributed by atoms with Crippen molar-refractivity contribution in [3.05, 3.63) is 46.5 Å². The predicted octanol–water partition coefficient (Wildman–Crippen LogP) is 2.36. The molecule has 0 radical (unpaired) electrons. The Hall–Kier alpha value is -3.89. The number of primary amides is 1. The standard InChI is InChI=1S/C33H38N2O8/c1-32(2,3)22-13-20(16-7-15(14-35(4)5)8-19(10-16)43-6)21-11-17-9-18-12-23(36)26(31(34)41)30(40)33(18,42)29(39)24(17)28(38)25(21)27(22)37/h7-8,10,13,17-18,24,26,37,42H,9,11-12,14H2,1-6H3,(H2,34,41)/t17-,18+,24?,26?,33+/m1/s1. The first kappa shape index (κ1) is 30.6. The maximum atomic E-state index is 14.3. The van der Waals surface area contributed by atoms with E-state index in [1.54, 1.807) is 7.11 Å². The number of ketones is 4. The molecular formula is C33H38N2O8. The number of carbonyl (C=O) groups excluding carboxylic acids is 5. The molecule has 0 saturated heterocycles. The van der Waals surface area contributed by atoms with Gasteiger partial charge in [0.25, 0.3) is 0 Å². The number of nitrogens with two attached hydrogens (primary N) is 1. The first-order valence-electron chi connectivity index (χ1n) is 14.4. The molecule has 2 unspecified atom stereocenters. The molecule has 228 valence electrons. The van der Waals surface area contributed by atoms with Gasteiger partial charge >= 0.3 is 0 Å². The molecule has 10 heteroatoms. The number of nitrogens with zero attached hydrogens (tertiary/aromatic N) is 1. The lowest BCUT2D eigenvalue weighted by atomic mass is 9.53. The first-order valence-corrected chi connectivity index (χ1v) is 14.4. The maximum Gasteiger partial charge on any atom is 0.235 e. The number of phenols is 1.